The van der Waals surface area contributed by atoms with Crippen LogP contribution in [0.3, 0.4) is 0 Å². The number of hydrogen-bond donors (Lipinski definition) is 1. The van der Waals surface area contributed by atoms with Crippen molar-refractivity contribution < 1.29 is 9.47 Å². The van der Waals surface area contributed by atoms with E-state index in [4.69, 9.17) is 9.47 Å². The summed E-state index contributed by atoms with van der Waals surface area (Å²) in [6.45, 7) is 9.99. The van der Waals surface area contributed by atoms with E-state index in [1.54, 1.807) is 0 Å². The number of ether oxygens (including phenoxy) is 2. The summed E-state index contributed by atoms with van der Waals surface area (Å²) in [7, 11) is 2.11. The number of fused-ring (bicyclic) bond motifs is 2. The Morgan fingerprint density at radius 3 is 2.56 bits per heavy atom. The summed E-state index contributed by atoms with van der Waals surface area (Å²) in [6.07, 6.45) is 0.859. The van der Waals surface area contributed by atoms with Gasteiger partial charge in [0.05, 0.1) is 11.1 Å². The van der Waals surface area contributed by atoms with Crippen LogP contribution in [0.1, 0.15) is 44.6 Å². The van der Waals surface area contributed by atoms with Crippen LogP contribution >= 0.6 is 0 Å². The molecule has 0 bridgehead atoms. The van der Waals surface area contributed by atoms with Gasteiger partial charge >= 0.3 is 0 Å². The van der Waals surface area contributed by atoms with Crippen LogP contribution in [0.25, 0.3) is 10.9 Å². The second kappa shape index (κ2) is 7.86. The van der Waals surface area contributed by atoms with Crippen LogP contribution in [0, 0.1) is 0 Å². The minimum absolute atomic E-state index is 0.149. The zero-order valence-electron chi connectivity index (χ0n) is 19.0. The number of H-pyrrole nitrogens is 1. The molecule has 0 amide bonds. The molecule has 1 saturated heterocycles. The first-order chi connectivity index (χ1) is 15.4. The fourth-order valence-electron chi connectivity index (χ4n) is 4.34. The van der Waals surface area contributed by atoms with Gasteiger partial charge in [0.1, 0.15) is 6.04 Å². The number of rotatable bonds is 5. The van der Waals surface area contributed by atoms with Crippen molar-refractivity contribution in [1.82, 2.24) is 35.0 Å². The number of benzene rings is 1. The highest BCUT2D eigenvalue weighted by Gasteiger charge is 2.35. The van der Waals surface area contributed by atoms with E-state index in [1.165, 1.54) is 0 Å². The van der Waals surface area contributed by atoms with E-state index in [-0.39, 0.29) is 23.9 Å². The number of aromatic amines is 1. The first-order valence-corrected chi connectivity index (χ1v) is 11.1. The molecule has 1 fully saturated rings. The number of tetrazole rings is 1. The van der Waals surface area contributed by atoms with Crippen LogP contribution in [0.2, 0.25) is 0 Å². The molecule has 4 heterocycles. The Hall–Kier alpha value is -2.98. The van der Waals surface area contributed by atoms with Gasteiger partial charge < -0.3 is 19.4 Å². The molecule has 10 heteroatoms. The zero-order valence-corrected chi connectivity index (χ0v) is 19.0. The van der Waals surface area contributed by atoms with E-state index < -0.39 is 0 Å². The molecule has 0 saturated carbocycles. The average Bonchev–Trinajstić information content (AvgIpc) is 3.44. The molecule has 0 aliphatic carbocycles. The Labute approximate surface area is 186 Å². The Balaban J connectivity index is 1.67. The van der Waals surface area contributed by atoms with Gasteiger partial charge in [0.25, 0.3) is 5.56 Å². The number of pyridine rings is 1. The van der Waals surface area contributed by atoms with Crippen LogP contribution in [-0.2, 0) is 5.54 Å². The highest BCUT2D eigenvalue weighted by Crippen LogP contribution is 2.37. The van der Waals surface area contributed by atoms with Crippen molar-refractivity contribution in [1.29, 1.82) is 0 Å². The standard InChI is InChI=1S/C22H29N7O3/c1-5-22(2,3)29-20(24-25-26-29)19(28-8-6-27(4)7-9-28)15-10-14-11-17-18(32-13-31-17)12-16(14)23-21(15)30/h10-12,19H,5-9,13H2,1-4H3,(H,23,30)/t19-/m0/s1. The summed E-state index contributed by atoms with van der Waals surface area (Å²) >= 11 is 0. The number of aromatic nitrogens is 5. The summed E-state index contributed by atoms with van der Waals surface area (Å²) in [4.78, 5) is 21.0. The van der Waals surface area contributed by atoms with Crippen LogP contribution in [0.4, 0.5) is 0 Å². The summed E-state index contributed by atoms with van der Waals surface area (Å²) in [6, 6.07) is 5.31. The van der Waals surface area contributed by atoms with Crippen molar-refractivity contribution in [2.75, 3.05) is 40.0 Å². The van der Waals surface area contributed by atoms with Crippen molar-refractivity contribution >= 4 is 10.9 Å². The molecule has 3 aromatic rings. The molecule has 0 unspecified atom stereocenters. The third kappa shape index (κ3) is 3.53. The maximum Gasteiger partial charge on any atom is 0.253 e. The molecule has 0 spiro atoms. The molecule has 2 aliphatic rings. The molecular weight excluding hydrogens is 410 g/mol. The molecular formula is C22H29N7O3. The summed E-state index contributed by atoms with van der Waals surface area (Å²) in [5.74, 6) is 2.01. The summed E-state index contributed by atoms with van der Waals surface area (Å²) in [5.41, 5.74) is 0.917. The predicted octanol–water partition coefficient (Wildman–Crippen LogP) is 1.73. The Morgan fingerprint density at radius 2 is 1.84 bits per heavy atom. The van der Waals surface area contributed by atoms with Gasteiger partial charge in [0.2, 0.25) is 6.79 Å². The van der Waals surface area contributed by atoms with Crippen LogP contribution in [0.5, 0.6) is 11.5 Å². The van der Waals surface area contributed by atoms with Gasteiger partial charge in [-0.05, 0) is 49.9 Å². The molecule has 10 nitrogen and oxygen atoms in total. The Morgan fingerprint density at radius 1 is 1.12 bits per heavy atom. The van der Waals surface area contributed by atoms with Crippen LogP contribution in [0.15, 0.2) is 23.0 Å². The van der Waals surface area contributed by atoms with E-state index in [0.717, 1.165) is 38.0 Å². The lowest BCUT2D eigenvalue weighted by Gasteiger charge is -2.38. The van der Waals surface area contributed by atoms with Gasteiger partial charge in [-0.1, -0.05) is 6.92 Å². The number of piperazine rings is 1. The molecule has 32 heavy (non-hydrogen) atoms. The summed E-state index contributed by atoms with van der Waals surface area (Å²) < 4.78 is 12.9. The monoisotopic (exact) mass is 439 g/mol. The lowest BCUT2D eigenvalue weighted by molar-refractivity contribution is 0.117. The van der Waals surface area contributed by atoms with Crippen molar-refractivity contribution in [2.45, 2.75) is 38.8 Å². The second-order valence-electron chi connectivity index (χ2n) is 9.20. The molecule has 5 rings (SSSR count). The SMILES string of the molecule is CCC(C)(C)n1nnnc1[C@H](c1cc2cc3c(cc2[nH]c1=O)OCO3)N1CCN(C)CC1. The van der Waals surface area contributed by atoms with Crippen LogP contribution < -0.4 is 15.0 Å². The molecule has 1 N–H and O–H groups in total. The third-order valence-electron chi connectivity index (χ3n) is 6.74. The number of nitrogens with zero attached hydrogens (tertiary/aromatic N) is 6. The smallest absolute Gasteiger partial charge is 0.253 e. The Kier molecular flexibility index (Phi) is 5.13. The number of nitrogens with one attached hydrogen (secondary N) is 1. The van der Waals surface area contributed by atoms with E-state index in [9.17, 15) is 4.79 Å². The predicted molar refractivity (Wildman–Crippen MR) is 119 cm³/mol. The topological polar surface area (TPSA) is 101 Å². The normalized spacial score (nSPS) is 18.4. The van der Waals surface area contributed by atoms with Gasteiger partial charge in [-0.2, -0.15) is 0 Å². The van der Waals surface area contributed by atoms with Crippen molar-refractivity contribution in [3.8, 4) is 11.5 Å². The van der Waals surface area contributed by atoms with Crippen LogP contribution in [-0.4, -0.2) is 75.0 Å². The fraction of sp³-hybridized carbons (Fsp3) is 0.545. The lowest BCUT2D eigenvalue weighted by atomic mass is 9.99. The molecule has 1 aromatic carbocycles. The molecule has 0 radical (unpaired) electrons. The zero-order chi connectivity index (χ0) is 22.5. The first-order valence-electron chi connectivity index (χ1n) is 11.1. The lowest BCUT2D eigenvalue weighted by Crippen LogP contribution is -2.48. The van der Waals surface area contributed by atoms with Gasteiger partial charge in [-0.15, -0.1) is 5.10 Å². The minimum atomic E-state index is -0.358. The summed E-state index contributed by atoms with van der Waals surface area (Å²) in [5, 5.41) is 13.6. The van der Waals surface area contributed by atoms with E-state index in [1.807, 2.05) is 22.9 Å². The largest absolute Gasteiger partial charge is 0.454 e. The van der Waals surface area contributed by atoms with E-state index in [0.29, 0.717) is 28.4 Å². The maximum atomic E-state index is 13.4. The number of likely N-dealkylation sites (N-methyl/N-ethyl adjacent to an activating group) is 1. The van der Waals surface area contributed by atoms with Gasteiger partial charge in [0, 0.05) is 43.2 Å². The Bertz CT molecular complexity index is 1190. The van der Waals surface area contributed by atoms with Crippen molar-refractivity contribution in [2.24, 2.45) is 0 Å². The van der Waals surface area contributed by atoms with Crippen molar-refractivity contribution in [3.63, 3.8) is 0 Å². The van der Waals surface area contributed by atoms with Gasteiger partial charge in [0.15, 0.2) is 17.3 Å². The fourth-order valence-corrected chi connectivity index (χ4v) is 4.34. The first kappa shape index (κ1) is 20.9. The molecule has 1 atom stereocenters. The highest BCUT2D eigenvalue weighted by molar-refractivity contribution is 5.83. The minimum Gasteiger partial charge on any atom is -0.454 e. The van der Waals surface area contributed by atoms with E-state index in [2.05, 4.69) is 58.1 Å². The van der Waals surface area contributed by atoms with Crippen molar-refractivity contribution in [3.05, 3.63) is 39.9 Å². The molecule has 170 valence electrons. The molecule has 2 aromatic heterocycles. The average molecular weight is 440 g/mol. The third-order valence-corrected chi connectivity index (χ3v) is 6.74. The second-order valence-corrected chi connectivity index (χ2v) is 9.20. The van der Waals surface area contributed by atoms with Gasteiger partial charge in [-0.3, -0.25) is 9.69 Å². The maximum absolute atomic E-state index is 13.4. The quantitative estimate of drug-likeness (QED) is 0.641. The van der Waals surface area contributed by atoms with Gasteiger partial charge in [-0.25, -0.2) is 4.68 Å². The van der Waals surface area contributed by atoms with E-state index >= 15 is 0 Å². The number of hydrogen-bond acceptors (Lipinski definition) is 8. The molecule has 2 aliphatic heterocycles. The highest BCUT2D eigenvalue weighted by atomic mass is 16.7.